The Kier molecular flexibility index (Phi) is 2.74. The normalized spacial score (nSPS) is 48.8. The number of alkyl halides is 1. The predicted octanol–water partition coefficient (Wildman–Crippen LogP) is 1.35. The van der Waals surface area contributed by atoms with Crippen LogP contribution in [0.4, 0.5) is 4.39 Å². The second kappa shape index (κ2) is 3.86. The Hall–Kier alpha value is -0.270. The molecule has 3 aliphatic rings. The van der Waals surface area contributed by atoms with Crippen molar-refractivity contribution in [2.45, 2.75) is 70.0 Å². The Balaban J connectivity index is 1.86. The minimum absolute atomic E-state index is 0.360. The smallest absolute Gasteiger partial charge is 0.190 e. The lowest BCUT2D eigenvalue weighted by Gasteiger charge is -2.35. The zero-order valence-corrected chi connectivity index (χ0v) is 11.0. The maximum atomic E-state index is 13.1. The van der Waals surface area contributed by atoms with E-state index in [9.17, 15) is 4.39 Å². The van der Waals surface area contributed by atoms with E-state index in [1.807, 2.05) is 0 Å². The van der Waals surface area contributed by atoms with Crippen molar-refractivity contribution in [1.29, 1.82) is 0 Å². The number of ether oxygens (including phenoxy) is 5. The molecule has 0 aromatic rings. The monoisotopic (exact) mass is 262 g/mol. The lowest BCUT2D eigenvalue weighted by Crippen LogP contribution is -2.55. The summed E-state index contributed by atoms with van der Waals surface area (Å²) in [5.41, 5.74) is 0. The first-order chi connectivity index (χ1) is 8.31. The molecule has 3 saturated heterocycles. The molecule has 5 nitrogen and oxygen atoms in total. The summed E-state index contributed by atoms with van der Waals surface area (Å²) in [4.78, 5) is 0. The van der Waals surface area contributed by atoms with Crippen molar-refractivity contribution >= 4 is 0 Å². The molecule has 5 atom stereocenters. The summed E-state index contributed by atoms with van der Waals surface area (Å²) in [5, 5.41) is 0. The first-order valence-corrected chi connectivity index (χ1v) is 6.24. The van der Waals surface area contributed by atoms with E-state index in [1.165, 1.54) is 0 Å². The summed E-state index contributed by atoms with van der Waals surface area (Å²) in [5.74, 6) is -1.50. The topological polar surface area (TPSA) is 46.2 Å². The highest BCUT2D eigenvalue weighted by Gasteiger charge is 2.60. The highest BCUT2D eigenvalue weighted by atomic mass is 19.1. The molecule has 0 aromatic carbocycles. The summed E-state index contributed by atoms with van der Waals surface area (Å²) >= 11 is 0. The highest BCUT2D eigenvalue weighted by molar-refractivity contribution is 4.99. The Morgan fingerprint density at radius 2 is 1.39 bits per heavy atom. The Labute approximate surface area is 105 Å². The highest BCUT2D eigenvalue weighted by Crippen LogP contribution is 2.43. The van der Waals surface area contributed by atoms with Crippen LogP contribution in [0.5, 0.6) is 0 Å². The summed E-state index contributed by atoms with van der Waals surface area (Å²) in [7, 11) is 0. The molecule has 0 saturated carbocycles. The number of halogens is 1. The van der Waals surface area contributed by atoms with Gasteiger partial charge in [-0.2, -0.15) is 0 Å². The SMILES string of the molecule is CC1(C)O[C@H]2O[C@H](CF)[C@@H]3OC(C)(C)OC3[C@H]2O1. The van der Waals surface area contributed by atoms with Crippen molar-refractivity contribution < 1.29 is 28.1 Å². The zero-order chi connectivity index (χ0) is 13.1. The third-order valence-electron chi connectivity index (χ3n) is 3.40. The fraction of sp³-hybridized carbons (Fsp3) is 1.00. The fourth-order valence-corrected chi connectivity index (χ4v) is 2.82. The van der Waals surface area contributed by atoms with Crippen LogP contribution in [0, 0.1) is 0 Å². The molecule has 0 aliphatic carbocycles. The van der Waals surface area contributed by atoms with Crippen LogP contribution >= 0.6 is 0 Å². The average molecular weight is 262 g/mol. The van der Waals surface area contributed by atoms with E-state index in [-0.39, 0.29) is 12.2 Å². The van der Waals surface area contributed by atoms with E-state index >= 15 is 0 Å². The van der Waals surface area contributed by atoms with Crippen LogP contribution in [0.3, 0.4) is 0 Å². The molecule has 6 heteroatoms. The molecule has 0 radical (unpaired) electrons. The summed E-state index contributed by atoms with van der Waals surface area (Å²) in [6.45, 7) is 6.57. The number of fused-ring (bicyclic) bond motifs is 3. The molecule has 0 N–H and O–H groups in total. The molecule has 18 heavy (non-hydrogen) atoms. The maximum Gasteiger partial charge on any atom is 0.190 e. The van der Waals surface area contributed by atoms with Crippen LogP contribution < -0.4 is 0 Å². The van der Waals surface area contributed by atoms with Crippen LogP contribution in [0.15, 0.2) is 0 Å². The molecular weight excluding hydrogens is 243 g/mol. The van der Waals surface area contributed by atoms with Crippen molar-refractivity contribution in [2.75, 3.05) is 6.67 Å². The molecule has 0 spiro atoms. The van der Waals surface area contributed by atoms with Crippen LogP contribution in [0.25, 0.3) is 0 Å². The Bertz CT molecular complexity index is 345. The zero-order valence-electron chi connectivity index (χ0n) is 11.0. The molecular formula is C12H19FO5. The van der Waals surface area contributed by atoms with Crippen molar-refractivity contribution in [3.8, 4) is 0 Å². The number of hydrogen-bond acceptors (Lipinski definition) is 5. The van der Waals surface area contributed by atoms with Gasteiger partial charge in [-0.25, -0.2) is 4.39 Å². The first-order valence-electron chi connectivity index (χ1n) is 6.24. The average Bonchev–Trinajstić information content (AvgIpc) is 2.71. The van der Waals surface area contributed by atoms with Crippen molar-refractivity contribution in [1.82, 2.24) is 0 Å². The first kappa shape index (κ1) is 12.7. The van der Waals surface area contributed by atoms with E-state index in [4.69, 9.17) is 23.7 Å². The second-order valence-electron chi connectivity index (χ2n) is 5.86. The maximum absolute atomic E-state index is 13.1. The van der Waals surface area contributed by atoms with Gasteiger partial charge in [-0.15, -0.1) is 0 Å². The van der Waals surface area contributed by atoms with E-state index in [2.05, 4.69) is 0 Å². The van der Waals surface area contributed by atoms with E-state index in [1.54, 1.807) is 27.7 Å². The van der Waals surface area contributed by atoms with Gasteiger partial charge in [-0.1, -0.05) is 0 Å². The largest absolute Gasteiger partial charge is 0.342 e. The lowest BCUT2D eigenvalue weighted by atomic mass is 10.00. The standard InChI is InChI=1S/C12H19FO5/c1-11(2)15-7-6(5-13)14-10-9(8(7)16-11)17-12(3,4)18-10/h6-10H,5H2,1-4H3/t6-,7+,8?,9-,10-/m1/s1. The Morgan fingerprint density at radius 1 is 0.833 bits per heavy atom. The van der Waals surface area contributed by atoms with Crippen LogP contribution in [0.1, 0.15) is 27.7 Å². The van der Waals surface area contributed by atoms with Crippen LogP contribution in [-0.4, -0.2) is 49.0 Å². The van der Waals surface area contributed by atoms with Gasteiger partial charge in [0.25, 0.3) is 0 Å². The quantitative estimate of drug-likeness (QED) is 0.714. The van der Waals surface area contributed by atoms with Gasteiger partial charge in [0.15, 0.2) is 17.9 Å². The van der Waals surface area contributed by atoms with Gasteiger partial charge in [-0.05, 0) is 27.7 Å². The Morgan fingerprint density at radius 3 is 2.06 bits per heavy atom. The van der Waals surface area contributed by atoms with E-state index in [0.29, 0.717) is 0 Å². The van der Waals surface area contributed by atoms with Gasteiger partial charge >= 0.3 is 0 Å². The van der Waals surface area contributed by atoms with Crippen molar-refractivity contribution in [3.63, 3.8) is 0 Å². The molecule has 3 heterocycles. The van der Waals surface area contributed by atoms with Gasteiger partial charge in [0, 0.05) is 0 Å². The molecule has 0 amide bonds. The van der Waals surface area contributed by atoms with Gasteiger partial charge in [0.1, 0.15) is 31.1 Å². The third kappa shape index (κ3) is 1.96. The van der Waals surface area contributed by atoms with E-state index < -0.39 is 36.7 Å². The fourth-order valence-electron chi connectivity index (χ4n) is 2.82. The van der Waals surface area contributed by atoms with Gasteiger partial charge in [-0.3, -0.25) is 0 Å². The second-order valence-corrected chi connectivity index (χ2v) is 5.86. The predicted molar refractivity (Wildman–Crippen MR) is 58.5 cm³/mol. The van der Waals surface area contributed by atoms with Crippen LogP contribution in [0.2, 0.25) is 0 Å². The molecule has 3 rings (SSSR count). The summed E-state index contributed by atoms with van der Waals surface area (Å²) in [6.07, 6.45) is -2.46. The molecule has 1 unspecified atom stereocenters. The minimum Gasteiger partial charge on any atom is -0.342 e. The van der Waals surface area contributed by atoms with Gasteiger partial charge < -0.3 is 23.7 Å². The summed E-state index contributed by atoms with van der Waals surface area (Å²) in [6, 6.07) is 0. The van der Waals surface area contributed by atoms with Crippen molar-refractivity contribution in [3.05, 3.63) is 0 Å². The molecule has 3 fully saturated rings. The van der Waals surface area contributed by atoms with Crippen LogP contribution in [-0.2, 0) is 23.7 Å². The number of rotatable bonds is 1. The summed E-state index contributed by atoms with van der Waals surface area (Å²) < 4.78 is 41.6. The molecule has 0 aromatic heterocycles. The molecule has 0 bridgehead atoms. The third-order valence-corrected chi connectivity index (χ3v) is 3.40. The van der Waals surface area contributed by atoms with Gasteiger partial charge in [0.2, 0.25) is 0 Å². The van der Waals surface area contributed by atoms with Gasteiger partial charge in [0.05, 0.1) is 0 Å². The molecule has 104 valence electrons. The minimum atomic E-state index is -0.753. The molecule has 3 aliphatic heterocycles. The van der Waals surface area contributed by atoms with Crippen molar-refractivity contribution in [2.24, 2.45) is 0 Å². The lowest BCUT2D eigenvalue weighted by molar-refractivity contribution is -0.236. The van der Waals surface area contributed by atoms with E-state index in [0.717, 1.165) is 0 Å². The number of hydrogen-bond donors (Lipinski definition) is 0.